The highest BCUT2D eigenvalue weighted by Gasteiger charge is 2.08. The summed E-state index contributed by atoms with van der Waals surface area (Å²) < 4.78 is 7.37. The average Bonchev–Trinajstić information content (AvgIpc) is 2.90. The van der Waals surface area contributed by atoms with Crippen molar-refractivity contribution in [3.8, 4) is 5.69 Å². The van der Waals surface area contributed by atoms with Crippen molar-refractivity contribution in [1.29, 1.82) is 0 Å². The molecule has 5 heteroatoms. The number of benzene rings is 1. The molecule has 108 valence electrons. The third-order valence-electron chi connectivity index (χ3n) is 3.14. The minimum absolute atomic E-state index is 0.0712. The fraction of sp³-hybridized carbons (Fsp3) is 0.400. The first-order valence-corrected chi connectivity index (χ1v) is 7.64. The molecule has 1 heterocycles. The summed E-state index contributed by atoms with van der Waals surface area (Å²) in [6.45, 7) is 5.33. The molecule has 0 fully saturated rings. The highest BCUT2D eigenvalue weighted by molar-refractivity contribution is 7.99. The maximum Gasteiger partial charge on any atom is 0.172 e. The summed E-state index contributed by atoms with van der Waals surface area (Å²) in [4.78, 5) is 4.40. The monoisotopic (exact) mass is 292 g/mol. The van der Waals surface area contributed by atoms with Crippen LogP contribution in [0.4, 0.5) is 0 Å². The van der Waals surface area contributed by atoms with E-state index in [1.165, 1.54) is 16.8 Å². The van der Waals surface area contributed by atoms with Gasteiger partial charge in [-0.2, -0.15) is 0 Å². The highest BCUT2D eigenvalue weighted by Crippen LogP contribution is 2.24. The second-order valence-electron chi connectivity index (χ2n) is 4.48. The van der Waals surface area contributed by atoms with Crippen LogP contribution in [0.3, 0.4) is 0 Å². The lowest BCUT2D eigenvalue weighted by Crippen LogP contribution is -2.04. The second-order valence-corrected chi connectivity index (χ2v) is 5.55. The van der Waals surface area contributed by atoms with E-state index >= 15 is 0 Å². The number of hydrogen-bond acceptors (Lipinski definition) is 4. The molecule has 0 bridgehead atoms. The van der Waals surface area contributed by atoms with Crippen molar-refractivity contribution in [1.82, 2.24) is 9.55 Å². The molecule has 4 nitrogen and oxygen atoms in total. The number of ether oxygens (including phenoxy) is 1. The number of imidazole rings is 1. The summed E-state index contributed by atoms with van der Waals surface area (Å²) in [7, 11) is 0. The van der Waals surface area contributed by atoms with Gasteiger partial charge < -0.3 is 9.84 Å². The van der Waals surface area contributed by atoms with Gasteiger partial charge in [-0.1, -0.05) is 23.9 Å². The van der Waals surface area contributed by atoms with Crippen molar-refractivity contribution in [2.24, 2.45) is 0 Å². The molecule has 0 aliphatic heterocycles. The van der Waals surface area contributed by atoms with Crippen molar-refractivity contribution in [2.45, 2.75) is 19.0 Å². The predicted octanol–water partition coefficient (Wildman–Crippen LogP) is 2.59. The molecule has 0 atom stereocenters. The van der Waals surface area contributed by atoms with Crippen LogP contribution in [-0.2, 0) is 4.74 Å². The number of nitrogens with zero attached hydrogens (tertiary/aromatic N) is 2. The van der Waals surface area contributed by atoms with E-state index in [4.69, 9.17) is 9.84 Å². The first kappa shape index (κ1) is 15.1. The second kappa shape index (κ2) is 7.47. The molecule has 0 unspecified atom stereocenters. The quantitative estimate of drug-likeness (QED) is 0.629. The van der Waals surface area contributed by atoms with Crippen molar-refractivity contribution < 1.29 is 9.84 Å². The minimum Gasteiger partial charge on any atom is -0.394 e. The lowest BCUT2D eigenvalue weighted by Gasteiger charge is -2.12. The van der Waals surface area contributed by atoms with E-state index < -0.39 is 0 Å². The van der Waals surface area contributed by atoms with Crippen LogP contribution in [-0.4, -0.2) is 40.2 Å². The van der Waals surface area contributed by atoms with E-state index in [1.807, 2.05) is 12.4 Å². The summed E-state index contributed by atoms with van der Waals surface area (Å²) in [6, 6.07) is 6.29. The summed E-state index contributed by atoms with van der Waals surface area (Å²) in [5, 5.41) is 9.61. The SMILES string of the molecule is Cc1cccc(-n2ccnc2SCCOCCO)c1C. The van der Waals surface area contributed by atoms with E-state index in [0.29, 0.717) is 13.2 Å². The zero-order chi connectivity index (χ0) is 14.4. The number of aliphatic hydroxyl groups excluding tert-OH is 1. The maximum absolute atomic E-state index is 8.65. The molecule has 0 saturated heterocycles. The Morgan fingerprint density at radius 2 is 2.15 bits per heavy atom. The largest absolute Gasteiger partial charge is 0.394 e. The van der Waals surface area contributed by atoms with Crippen LogP contribution < -0.4 is 0 Å². The van der Waals surface area contributed by atoms with Crippen molar-refractivity contribution >= 4 is 11.8 Å². The summed E-state index contributed by atoms with van der Waals surface area (Å²) in [5.74, 6) is 0.821. The number of aryl methyl sites for hydroxylation is 1. The smallest absolute Gasteiger partial charge is 0.172 e. The molecule has 1 aromatic carbocycles. The van der Waals surface area contributed by atoms with Gasteiger partial charge in [-0.15, -0.1) is 0 Å². The van der Waals surface area contributed by atoms with Gasteiger partial charge in [0.15, 0.2) is 5.16 Å². The van der Waals surface area contributed by atoms with E-state index in [-0.39, 0.29) is 6.61 Å². The number of aromatic nitrogens is 2. The molecule has 1 aromatic heterocycles. The molecule has 20 heavy (non-hydrogen) atoms. The van der Waals surface area contributed by atoms with E-state index in [9.17, 15) is 0 Å². The summed E-state index contributed by atoms with van der Waals surface area (Å²) in [6.07, 6.45) is 3.80. The number of aliphatic hydroxyl groups is 1. The lowest BCUT2D eigenvalue weighted by molar-refractivity contribution is 0.103. The van der Waals surface area contributed by atoms with Crippen molar-refractivity contribution in [3.05, 3.63) is 41.7 Å². The standard InChI is InChI=1S/C15H20N2O2S/c1-12-4-3-5-14(13(12)2)17-7-6-16-15(17)20-11-10-19-9-8-18/h3-7,18H,8-11H2,1-2H3. The number of rotatable bonds is 7. The Balaban J connectivity index is 2.06. The molecule has 2 rings (SSSR count). The third-order valence-corrected chi connectivity index (χ3v) is 4.07. The van der Waals surface area contributed by atoms with Crippen LogP contribution in [0.25, 0.3) is 5.69 Å². The lowest BCUT2D eigenvalue weighted by atomic mass is 10.1. The van der Waals surface area contributed by atoms with Crippen LogP contribution >= 0.6 is 11.8 Å². The van der Waals surface area contributed by atoms with E-state index in [1.54, 1.807) is 11.8 Å². The van der Waals surface area contributed by atoms with Crippen molar-refractivity contribution in [3.63, 3.8) is 0 Å². The number of hydrogen-bond donors (Lipinski definition) is 1. The molecule has 2 aromatic rings. The molecule has 0 aliphatic carbocycles. The van der Waals surface area contributed by atoms with Crippen LogP contribution in [0.5, 0.6) is 0 Å². The van der Waals surface area contributed by atoms with Crippen LogP contribution in [0.15, 0.2) is 35.7 Å². The molecule has 0 radical (unpaired) electrons. The van der Waals surface area contributed by atoms with Gasteiger partial charge in [-0.05, 0) is 31.0 Å². The zero-order valence-electron chi connectivity index (χ0n) is 11.9. The molecule has 0 saturated carbocycles. The Bertz CT molecular complexity index is 555. The van der Waals surface area contributed by atoms with Crippen LogP contribution in [0.2, 0.25) is 0 Å². The number of thioether (sulfide) groups is 1. The van der Waals surface area contributed by atoms with Gasteiger partial charge >= 0.3 is 0 Å². The Morgan fingerprint density at radius 3 is 2.95 bits per heavy atom. The average molecular weight is 292 g/mol. The topological polar surface area (TPSA) is 47.3 Å². The van der Waals surface area contributed by atoms with Crippen LogP contribution in [0.1, 0.15) is 11.1 Å². The molecule has 0 amide bonds. The minimum atomic E-state index is 0.0712. The molecule has 0 aliphatic rings. The summed E-state index contributed by atoms with van der Waals surface area (Å²) in [5.41, 5.74) is 3.71. The molecular formula is C15H20N2O2S. The van der Waals surface area contributed by atoms with Gasteiger partial charge in [-0.25, -0.2) is 4.98 Å². The van der Waals surface area contributed by atoms with Crippen LogP contribution in [0, 0.1) is 13.8 Å². The Hall–Kier alpha value is -1.30. The first-order valence-electron chi connectivity index (χ1n) is 6.65. The Kier molecular flexibility index (Phi) is 5.64. The molecule has 1 N–H and O–H groups in total. The van der Waals surface area contributed by atoms with Gasteiger partial charge in [0, 0.05) is 18.1 Å². The van der Waals surface area contributed by atoms with E-state index in [0.717, 1.165) is 10.9 Å². The van der Waals surface area contributed by atoms with Crippen molar-refractivity contribution in [2.75, 3.05) is 25.6 Å². The normalized spacial score (nSPS) is 10.9. The molecular weight excluding hydrogens is 272 g/mol. The fourth-order valence-corrected chi connectivity index (χ4v) is 2.75. The Labute approximate surface area is 123 Å². The maximum atomic E-state index is 8.65. The fourth-order valence-electron chi connectivity index (χ4n) is 1.93. The van der Waals surface area contributed by atoms with Gasteiger partial charge in [0.1, 0.15) is 0 Å². The zero-order valence-corrected chi connectivity index (χ0v) is 12.7. The molecule has 0 spiro atoms. The summed E-state index contributed by atoms with van der Waals surface area (Å²) >= 11 is 1.66. The first-order chi connectivity index (χ1) is 9.74. The van der Waals surface area contributed by atoms with Gasteiger partial charge in [-0.3, -0.25) is 4.57 Å². The van der Waals surface area contributed by atoms with Gasteiger partial charge in [0.2, 0.25) is 0 Å². The van der Waals surface area contributed by atoms with Gasteiger partial charge in [0.25, 0.3) is 0 Å². The highest BCUT2D eigenvalue weighted by atomic mass is 32.2. The third kappa shape index (κ3) is 3.62. The Morgan fingerprint density at radius 1 is 1.30 bits per heavy atom. The van der Waals surface area contributed by atoms with E-state index in [2.05, 4.69) is 41.6 Å². The predicted molar refractivity (Wildman–Crippen MR) is 81.7 cm³/mol. The van der Waals surface area contributed by atoms with Gasteiger partial charge in [0.05, 0.1) is 25.5 Å².